The highest BCUT2D eigenvalue weighted by Gasteiger charge is 2.16. The monoisotopic (exact) mass is 366 g/mol. The molecule has 110 valence electrons. The van der Waals surface area contributed by atoms with E-state index in [0.29, 0.717) is 4.88 Å². The smallest absolute Gasteiger partial charge is 0.265 e. The fourth-order valence-electron chi connectivity index (χ4n) is 2.28. The lowest BCUT2D eigenvalue weighted by Crippen LogP contribution is -2.36. The number of ether oxygens (including phenoxy) is 1. The fourth-order valence-corrected chi connectivity index (χ4v) is 3.56. The van der Waals surface area contributed by atoms with Crippen molar-refractivity contribution in [3.63, 3.8) is 0 Å². The van der Waals surface area contributed by atoms with Crippen molar-refractivity contribution in [2.24, 2.45) is 0 Å². The van der Waals surface area contributed by atoms with E-state index in [2.05, 4.69) is 26.1 Å². The van der Waals surface area contributed by atoms with E-state index >= 15 is 0 Å². The molecule has 0 spiro atoms. The molecule has 2 heterocycles. The Morgan fingerprint density at radius 3 is 2.67 bits per heavy atom. The van der Waals surface area contributed by atoms with Gasteiger partial charge >= 0.3 is 0 Å². The van der Waals surface area contributed by atoms with Crippen LogP contribution in [0, 0.1) is 0 Å². The number of nitrogens with one attached hydrogen (secondary N) is 1. The van der Waals surface area contributed by atoms with Gasteiger partial charge in [0.1, 0.15) is 0 Å². The second kappa shape index (κ2) is 6.60. The summed E-state index contributed by atoms with van der Waals surface area (Å²) in [6.45, 7) is 3.13. The molecular weight excluding hydrogens is 352 g/mol. The summed E-state index contributed by atoms with van der Waals surface area (Å²) < 4.78 is 6.33. The van der Waals surface area contributed by atoms with Gasteiger partial charge in [-0.05, 0) is 40.2 Å². The predicted octanol–water partition coefficient (Wildman–Crippen LogP) is 3.60. The van der Waals surface area contributed by atoms with E-state index in [1.165, 1.54) is 11.3 Å². The number of carbonyl (C=O) groups excluding carboxylic acids is 1. The summed E-state index contributed by atoms with van der Waals surface area (Å²) in [4.78, 5) is 15.2. The highest BCUT2D eigenvalue weighted by atomic mass is 79.9. The van der Waals surface area contributed by atoms with Crippen LogP contribution in [0.3, 0.4) is 0 Å². The molecule has 1 aliphatic heterocycles. The number of para-hydroxylation sites is 2. The molecule has 6 heteroatoms. The molecule has 4 nitrogen and oxygen atoms in total. The van der Waals surface area contributed by atoms with Gasteiger partial charge in [0, 0.05) is 13.1 Å². The van der Waals surface area contributed by atoms with E-state index in [9.17, 15) is 4.79 Å². The molecule has 1 N–H and O–H groups in total. The Balaban J connectivity index is 1.80. The molecule has 0 aliphatic carbocycles. The molecule has 1 fully saturated rings. The van der Waals surface area contributed by atoms with Crippen molar-refractivity contribution in [1.29, 1.82) is 0 Å². The molecule has 1 aromatic heterocycles. The van der Waals surface area contributed by atoms with Crippen molar-refractivity contribution in [2.45, 2.75) is 0 Å². The highest BCUT2D eigenvalue weighted by Crippen LogP contribution is 2.28. The molecule has 3 rings (SSSR count). The van der Waals surface area contributed by atoms with Crippen molar-refractivity contribution in [3.05, 3.63) is 45.1 Å². The van der Waals surface area contributed by atoms with Gasteiger partial charge in [0.15, 0.2) is 0 Å². The van der Waals surface area contributed by atoms with Crippen LogP contribution in [-0.2, 0) is 4.74 Å². The van der Waals surface area contributed by atoms with Crippen LogP contribution in [0.15, 0.2) is 40.2 Å². The second-order valence-corrected chi connectivity index (χ2v) is 7.14. The first-order chi connectivity index (χ1) is 10.2. The van der Waals surface area contributed by atoms with Crippen LogP contribution in [0.1, 0.15) is 9.67 Å². The lowest BCUT2D eigenvalue weighted by molar-refractivity contribution is 0.103. The predicted molar refractivity (Wildman–Crippen MR) is 89.4 cm³/mol. The third-order valence-corrected chi connectivity index (χ3v) is 4.92. The molecule has 1 saturated heterocycles. The zero-order chi connectivity index (χ0) is 14.7. The van der Waals surface area contributed by atoms with E-state index in [-0.39, 0.29) is 5.91 Å². The molecule has 21 heavy (non-hydrogen) atoms. The maximum Gasteiger partial charge on any atom is 0.265 e. The van der Waals surface area contributed by atoms with Crippen LogP contribution < -0.4 is 10.2 Å². The Morgan fingerprint density at radius 1 is 1.19 bits per heavy atom. The Labute approximate surface area is 135 Å². The SMILES string of the molecule is O=C(Nc1ccccc1N1CCOCC1)c1ccc(Br)s1. The van der Waals surface area contributed by atoms with Gasteiger partial charge in [0.25, 0.3) is 5.91 Å². The molecule has 2 aromatic rings. The molecule has 0 bridgehead atoms. The lowest BCUT2D eigenvalue weighted by Gasteiger charge is -2.30. The van der Waals surface area contributed by atoms with E-state index in [1.54, 1.807) is 0 Å². The number of benzene rings is 1. The summed E-state index contributed by atoms with van der Waals surface area (Å²) in [5, 5.41) is 3.01. The molecular formula is C15H15BrN2O2S. The Bertz CT molecular complexity index is 638. The molecule has 0 radical (unpaired) electrons. The topological polar surface area (TPSA) is 41.6 Å². The number of anilines is 2. The molecule has 0 atom stereocenters. The normalized spacial score (nSPS) is 15.0. The van der Waals surface area contributed by atoms with Crippen LogP contribution in [0.2, 0.25) is 0 Å². The summed E-state index contributed by atoms with van der Waals surface area (Å²) >= 11 is 4.81. The minimum absolute atomic E-state index is 0.0774. The third kappa shape index (κ3) is 3.45. The number of nitrogens with zero attached hydrogens (tertiary/aromatic N) is 1. The second-order valence-electron chi connectivity index (χ2n) is 4.67. The molecule has 0 saturated carbocycles. The van der Waals surface area contributed by atoms with Crippen LogP contribution >= 0.6 is 27.3 Å². The van der Waals surface area contributed by atoms with E-state index in [0.717, 1.165) is 41.5 Å². The first kappa shape index (κ1) is 14.6. The lowest BCUT2D eigenvalue weighted by atomic mass is 10.2. The van der Waals surface area contributed by atoms with Crippen molar-refractivity contribution >= 4 is 44.5 Å². The highest BCUT2D eigenvalue weighted by molar-refractivity contribution is 9.11. The van der Waals surface area contributed by atoms with Crippen LogP contribution in [-0.4, -0.2) is 32.2 Å². The van der Waals surface area contributed by atoms with Gasteiger partial charge in [-0.15, -0.1) is 11.3 Å². The zero-order valence-electron chi connectivity index (χ0n) is 11.3. The minimum atomic E-state index is -0.0774. The average Bonchev–Trinajstić information content (AvgIpc) is 2.95. The van der Waals surface area contributed by atoms with E-state index in [1.807, 2.05) is 36.4 Å². The van der Waals surface area contributed by atoms with Crippen molar-refractivity contribution < 1.29 is 9.53 Å². The maximum atomic E-state index is 12.3. The summed E-state index contributed by atoms with van der Waals surface area (Å²) in [6.07, 6.45) is 0. The van der Waals surface area contributed by atoms with Gasteiger partial charge in [-0.1, -0.05) is 12.1 Å². The summed E-state index contributed by atoms with van der Waals surface area (Å²) in [6, 6.07) is 11.6. The molecule has 0 unspecified atom stereocenters. The summed E-state index contributed by atoms with van der Waals surface area (Å²) in [5.74, 6) is -0.0774. The Morgan fingerprint density at radius 2 is 1.95 bits per heavy atom. The number of thiophene rings is 1. The number of hydrogen-bond acceptors (Lipinski definition) is 4. The maximum absolute atomic E-state index is 12.3. The van der Waals surface area contributed by atoms with Gasteiger partial charge in [0.05, 0.1) is 33.3 Å². The number of amides is 1. The number of carbonyl (C=O) groups is 1. The summed E-state index contributed by atoms with van der Waals surface area (Å²) in [5.41, 5.74) is 1.89. The first-order valence-electron chi connectivity index (χ1n) is 6.72. The zero-order valence-corrected chi connectivity index (χ0v) is 13.7. The quantitative estimate of drug-likeness (QED) is 0.901. The van der Waals surface area contributed by atoms with Gasteiger partial charge in [0.2, 0.25) is 0 Å². The van der Waals surface area contributed by atoms with Gasteiger partial charge in [-0.3, -0.25) is 4.79 Å². The fraction of sp³-hybridized carbons (Fsp3) is 0.267. The number of rotatable bonds is 3. The van der Waals surface area contributed by atoms with Crippen LogP contribution in [0.5, 0.6) is 0 Å². The standard InChI is InChI=1S/C15H15BrN2O2S/c16-14-6-5-13(21-14)15(19)17-11-3-1-2-4-12(11)18-7-9-20-10-8-18/h1-6H,7-10H2,(H,17,19). The molecule has 1 aliphatic rings. The van der Waals surface area contributed by atoms with Crippen LogP contribution in [0.4, 0.5) is 11.4 Å². The Hall–Kier alpha value is -1.37. The van der Waals surface area contributed by atoms with Crippen molar-refractivity contribution in [3.8, 4) is 0 Å². The largest absolute Gasteiger partial charge is 0.378 e. The van der Waals surface area contributed by atoms with Gasteiger partial charge in [-0.25, -0.2) is 0 Å². The van der Waals surface area contributed by atoms with Crippen LogP contribution in [0.25, 0.3) is 0 Å². The van der Waals surface area contributed by atoms with E-state index < -0.39 is 0 Å². The minimum Gasteiger partial charge on any atom is -0.378 e. The Kier molecular flexibility index (Phi) is 4.57. The molecule has 1 amide bonds. The summed E-state index contributed by atoms with van der Waals surface area (Å²) in [7, 11) is 0. The number of morpholine rings is 1. The first-order valence-corrected chi connectivity index (χ1v) is 8.33. The van der Waals surface area contributed by atoms with Gasteiger partial charge in [-0.2, -0.15) is 0 Å². The molecule has 1 aromatic carbocycles. The number of halogens is 1. The van der Waals surface area contributed by atoms with Gasteiger partial charge < -0.3 is 15.0 Å². The van der Waals surface area contributed by atoms with E-state index in [4.69, 9.17) is 4.74 Å². The van der Waals surface area contributed by atoms with Crippen molar-refractivity contribution in [1.82, 2.24) is 0 Å². The third-order valence-electron chi connectivity index (χ3n) is 3.30. The number of hydrogen-bond donors (Lipinski definition) is 1. The average molecular weight is 367 g/mol. The van der Waals surface area contributed by atoms with Crippen molar-refractivity contribution in [2.75, 3.05) is 36.5 Å².